The minimum atomic E-state index is 0.504. The number of nitrogens with zero attached hydrogens (tertiary/aromatic N) is 1. The molecule has 92 valence electrons. The van der Waals surface area contributed by atoms with Crippen molar-refractivity contribution in [3.63, 3.8) is 0 Å². The molecule has 1 aliphatic heterocycles. The molecule has 2 N–H and O–H groups in total. The van der Waals surface area contributed by atoms with E-state index in [2.05, 4.69) is 17.0 Å². The maximum atomic E-state index is 5.76. The zero-order valence-electron chi connectivity index (χ0n) is 9.89. The van der Waals surface area contributed by atoms with E-state index in [1.165, 1.54) is 30.0 Å². The fourth-order valence-electron chi connectivity index (χ4n) is 2.10. The number of thiocarbonyl (C=S) groups is 1. The van der Waals surface area contributed by atoms with Gasteiger partial charge in [-0.1, -0.05) is 36.5 Å². The van der Waals surface area contributed by atoms with Gasteiger partial charge < -0.3 is 5.73 Å². The fraction of sp³-hybridized carbons (Fsp3) is 0.462. The Bertz CT molecular complexity index is 385. The Morgan fingerprint density at radius 1 is 1.29 bits per heavy atom. The predicted molar refractivity (Wildman–Crippen MR) is 79.5 cm³/mol. The highest BCUT2D eigenvalue weighted by molar-refractivity contribution is 7.99. The first kappa shape index (κ1) is 12.9. The van der Waals surface area contributed by atoms with Gasteiger partial charge in [0.2, 0.25) is 0 Å². The largest absolute Gasteiger partial charge is 0.389 e. The van der Waals surface area contributed by atoms with Crippen LogP contribution in [-0.4, -0.2) is 34.5 Å². The molecule has 1 aliphatic rings. The number of rotatable bonds is 3. The lowest BCUT2D eigenvalue weighted by Gasteiger charge is -2.20. The SMILES string of the molecule is NC(=S)c1ccccc1CN1CCCSCC1. The van der Waals surface area contributed by atoms with Gasteiger partial charge in [0.25, 0.3) is 0 Å². The van der Waals surface area contributed by atoms with Gasteiger partial charge in [-0.3, -0.25) is 4.90 Å². The van der Waals surface area contributed by atoms with E-state index in [0.29, 0.717) is 4.99 Å². The molecule has 0 spiro atoms. The van der Waals surface area contributed by atoms with Crippen molar-refractivity contribution in [2.24, 2.45) is 5.73 Å². The third-order valence-electron chi connectivity index (χ3n) is 2.99. The second-order valence-corrected chi connectivity index (χ2v) is 5.93. The first-order chi connectivity index (χ1) is 8.27. The van der Waals surface area contributed by atoms with Gasteiger partial charge in [-0.15, -0.1) is 0 Å². The molecular weight excluding hydrogens is 248 g/mol. The standard InChI is InChI=1S/C13H18N2S2/c14-13(16)12-5-2-1-4-11(12)10-15-6-3-8-17-9-7-15/h1-2,4-5H,3,6-10H2,(H2,14,16). The van der Waals surface area contributed by atoms with Crippen LogP contribution in [0.5, 0.6) is 0 Å². The second kappa shape index (κ2) is 6.38. The van der Waals surface area contributed by atoms with Crippen LogP contribution < -0.4 is 5.73 Å². The quantitative estimate of drug-likeness (QED) is 0.850. The molecule has 0 aromatic heterocycles. The van der Waals surface area contributed by atoms with Crippen LogP contribution in [0.1, 0.15) is 17.5 Å². The van der Waals surface area contributed by atoms with E-state index in [4.69, 9.17) is 18.0 Å². The molecule has 1 aromatic carbocycles. The van der Waals surface area contributed by atoms with Crippen molar-refractivity contribution in [3.8, 4) is 0 Å². The highest BCUT2D eigenvalue weighted by Crippen LogP contribution is 2.15. The summed E-state index contributed by atoms with van der Waals surface area (Å²) in [6.45, 7) is 3.31. The maximum Gasteiger partial charge on any atom is 0.104 e. The van der Waals surface area contributed by atoms with Crippen molar-refractivity contribution in [2.45, 2.75) is 13.0 Å². The maximum absolute atomic E-state index is 5.76. The predicted octanol–water partition coefficient (Wildman–Crippen LogP) is 2.26. The molecule has 2 nitrogen and oxygen atoms in total. The molecule has 1 saturated heterocycles. The Hall–Kier alpha value is -0.580. The van der Waals surface area contributed by atoms with Gasteiger partial charge in [0.1, 0.15) is 4.99 Å². The number of benzene rings is 1. The Labute approximate surface area is 113 Å². The summed E-state index contributed by atoms with van der Waals surface area (Å²) >= 11 is 7.15. The Morgan fingerprint density at radius 2 is 2.12 bits per heavy atom. The van der Waals surface area contributed by atoms with Crippen LogP contribution in [0.4, 0.5) is 0 Å². The molecule has 0 aliphatic carbocycles. The van der Waals surface area contributed by atoms with Gasteiger partial charge in [-0.25, -0.2) is 0 Å². The van der Waals surface area contributed by atoms with Crippen molar-refractivity contribution in [2.75, 3.05) is 24.6 Å². The summed E-state index contributed by atoms with van der Waals surface area (Å²) in [6.07, 6.45) is 1.28. The number of nitrogens with two attached hydrogens (primary N) is 1. The van der Waals surface area contributed by atoms with Gasteiger partial charge in [-0.05, 0) is 24.3 Å². The van der Waals surface area contributed by atoms with E-state index in [-0.39, 0.29) is 0 Å². The number of hydrogen-bond donors (Lipinski definition) is 1. The van der Waals surface area contributed by atoms with E-state index in [1.54, 1.807) is 0 Å². The normalized spacial score (nSPS) is 17.6. The minimum Gasteiger partial charge on any atom is -0.389 e. The topological polar surface area (TPSA) is 29.3 Å². The molecule has 17 heavy (non-hydrogen) atoms. The number of hydrogen-bond acceptors (Lipinski definition) is 3. The molecule has 1 heterocycles. The summed E-state index contributed by atoms with van der Waals surface area (Å²) in [5.74, 6) is 2.52. The summed E-state index contributed by atoms with van der Waals surface area (Å²) in [5.41, 5.74) is 8.04. The summed E-state index contributed by atoms with van der Waals surface area (Å²) in [4.78, 5) is 3.00. The molecule has 0 amide bonds. The van der Waals surface area contributed by atoms with Crippen LogP contribution >= 0.6 is 24.0 Å². The minimum absolute atomic E-state index is 0.504. The summed E-state index contributed by atoms with van der Waals surface area (Å²) in [5, 5.41) is 0. The summed E-state index contributed by atoms with van der Waals surface area (Å²) in [6, 6.07) is 8.21. The summed E-state index contributed by atoms with van der Waals surface area (Å²) < 4.78 is 0. The lowest BCUT2D eigenvalue weighted by molar-refractivity contribution is 0.287. The molecule has 1 fully saturated rings. The van der Waals surface area contributed by atoms with Crippen molar-refractivity contribution in [1.82, 2.24) is 4.90 Å². The van der Waals surface area contributed by atoms with Gasteiger partial charge in [0.05, 0.1) is 0 Å². The van der Waals surface area contributed by atoms with Crippen molar-refractivity contribution in [1.29, 1.82) is 0 Å². The van der Waals surface area contributed by atoms with Crippen LogP contribution in [0.3, 0.4) is 0 Å². The van der Waals surface area contributed by atoms with E-state index in [9.17, 15) is 0 Å². The first-order valence-electron chi connectivity index (χ1n) is 5.95. The zero-order valence-corrected chi connectivity index (χ0v) is 11.5. The van der Waals surface area contributed by atoms with Crippen LogP contribution in [0.15, 0.2) is 24.3 Å². The second-order valence-electron chi connectivity index (χ2n) is 4.26. The third-order valence-corrected chi connectivity index (χ3v) is 4.26. The molecule has 0 bridgehead atoms. The first-order valence-corrected chi connectivity index (χ1v) is 7.51. The van der Waals surface area contributed by atoms with Gasteiger partial charge in [-0.2, -0.15) is 11.8 Å². The molecule has 0 radical (unpaired) electrons. The Morgan fingerprint density at radius 3 is 2.94 bits per heavy atom. The highest BCUT2D eigenvalue weighted by Gasteiger charge is 2.12. The van der Waals surface area contributed by atoms with Crippen LogP contribution in [0, 0.1) is 0 Å². The van der Waals surface area contributed by atoms with E-state index in [1.807, 2.05) is 23.9 Å². The van der Waals surface area contributed by atoms with Crippen LogP contribution in [0.2, 0.25) is 0 Å². The van der Waals surface area contributed by atoms with E-state index >= 15 is 0 Å². The molecular formula is C13H18N2S2. The van der Waals surface area contributed by atoms with E-state index in [0.717, 1.165) is 18.7 Å². The Balaban J connectivity index is 2.09. The molecule has 0 atom stereocenters. The van der Waals surface area contributed by atoms with Gasteiger partial charge >= 0.3 is 0 Å². The van der Waals surface area contributed by atoms with Gasteiger partial charge in [0, 0.05) is 24.4 Å². The van der Waals surface area contributed by atoms with Crippen molar-refractivity contribution < 1.29 is 0 Å². The number of thioether (sulfide) groups is 1. The molecule has 2 rings (SSSR count). The van der Waals surface area contributed by atoms with Crippen LogP contribution in [-0.2, 0) is 6.54 Å². The lowest BCUT2D eigenvalue weighted by atomic mass is 10.1. The third kappa shape index (κ3) is 3.69. The molecule has 4 heteroatoms. The lowest BCUT2D eigenvalue weighted by Crippen LogP contribution is -2.27. The smallest absolute Gasteiger partial charge is 0.104 e. The van der Waals surface area contributed by atoms with Crippen LogP contribution in [0.25, 0.3) is 0 Å². The fourth-order valence-corrected chi connectivity index (χ4v) is 3.22. The van der Waals surface area contributed by atoms with E-state index < -0.39 is 0 Å². The monoisotopic (exact) mass is 266 g/mol. The highest BCUT2D eigenvalue weighted by atomic mass is 32.2. The molecule has 1 aromatic rings. The summed E-state index contributed by atoms with van der Waals surface area (Å²) in [7, 11) is 0. The van der Waals surface area contributed by atoms with Gasteiger partial charge in [0.15, 0.2) is 0 Å². The molecule has 0 unspecified atom stereocenters. The average molecular weight is 266 g/mol. The Kier molecular flexibility index (Phi) is 4.83. The zero-order chi connectivity index (χ0) is 12.1. The van der Waals surface area contributed by atoms with Crippen molar-refractivity contribution >= 4 is 29.0 Å². The van der Waals surface area contributed by atoms with Crippen molar-refractivity contribution in [3.05, 3.63) is 35.4 Å². The average Bonchev–Trinajstić information content (AvgIpc) is 2.58. The molecule has 0 saturated carbocycles.